The molecule has 1 heterocycles. The molecule has 0 spiro atoms. The highest BCUT2D eigenvalue weighted by molar-refractivity contribution is 9.10. The average Bonchev–Trinajstić information content (AvgIpc) is 2.75. The number of nitrogens with two attached hydrogens (primary N) is 1. The highest BCUT2D eigenvalue weighted by Gasteiger charge is 2.35. The molecule has 1 saturated heterocycles. The van der Waals surface area contributed by atoms with Crippen LogP contribution in [0.5, 0.6) is 5.75 Å². The number of hydrogen-bond donors (Lipinski definition) is 1. The van der Waals surface area contributed by atoms with Crippen LogP contribution in [0.3, 0.4) is 0 Å². The van der Waals surface area contributed by atoms with Crippen LogP contribution in [-0.4, -0.2) is 25.0 Å². The van der Waals surface area contributed by atoms with Crippen LogP contribution in [-0.2, 0) is 9.59 Å². The van der Waals surface area contributed by atoms with Crippen LogP contribution in [0, 0.1) is 11.7 Å². The number of ether oxygens (including phenoxy) is 1. The number of carbonyl (C=O) groups excluding carboxylic acids is 2. The van der Waals surface area contributed by atoms with Gasteiger partial charge in [0.15, 0.2) is 5.75 Å². The normalized spacial score (nSPS) is 18.4. The fourth-order valence-electron chi connectivity index (χ4n) is 2.17. The van der Waals surface area contributed by atoms with Gasteiger partial charge in [-0.05, 0) is 28.9 Å². The third kappa shape index (κ3) is 2.77. The van der Waals surface area contributed by atoms with Gasteiger partial charge in [-0.1, -0.05) is 0 Å². The van der Waals surface area contributed by atoms with Crippen molar-refractivity contribution >= 4 is 33.4 Å². The second kappa shape index (κ2) is 5.78. The Bertz CT molecular complexity index is 565. The van der Waals surface area contributed by atoms with E-state index >= 15 is 0 Å². The van der Waals surface area contributed by atoms with Crippen molar-refractivity contribution in [2.24, 2.45) is 11.7 Å². The topological polar surface area (TPSA) is 72.6 Å². The second-order valence-electron chi connectivity index (χ2n) is 4.48. The van der Waals surface area contributed by atoms with Crippen molar-refractivity contribution in [2.75, 3.05) is 18.1 Å². The van der Waals surface area contributed by atoms with Gasteiger partial charge in [-0.3, -0.25) is 9.59 Å². The Morgan fingerprint density at radius 2 is 2.30 bits per heavy atom. The Morgan fingerprint density at radius 3 is 2.85 bits per heavy atom. The van der Waals surface area contributed by atoms with Gasteiger partial charge in [-0.15, -0.1) is 0 Å². The summed E-state index contributed by atoms with van der Waals surface area (Å²) in [5.41, 5.74) is 5.54. The van der Waals surface area contributed by atoms with Crippen molar-refractivity contribution in [1.82, 2.24) is 0 Å². The summed E-state index contributed by atoms with van der Waals surface area (Å²) in [5, 5.41) is 0. The molecule has 0 saturated carbocycles. The summed E-state index contributed by atoms with van der Waals surface area (Å²) < 4.78 is 19.4. The highest BCUT2D eigenvalue weighted by Crippen LogP contribution is 2.39. The Kier molecular flexibility index (Phi) is 4.27. The first kappa shape index (κ1) is 14.8. The van der Waals surface area contributed by atoms with Crippen LogP contribution < -0.4 is 15.4 Å². The van der Waals surface area contributed by atoms with Crippen molar-refractivity contribution in [3.63, 3.8) is 0 Å². The molecular formula is C13H14BrFN2O3. The summed E-state index contributed by atoms with van der Waals surface area (Å²) in [6, 6.07) is 2.48. The maximum absolute atomic E-state index is 13.6. The zero-order chi connectivity index (χ0) is 14.9. The Balaban J connectivity index is 2.41. The number of primary amides is 1. The number of hydrogen-bond acceptors (Lipinski definition) is 3. The van der Waals surface area contributed by atoms with Crippen LogP contribution in [0.15, 0.2) is 16.6 Å². The van der Waals surface area contributed by atoms with Crippen molar-refractivity contribution in [1.29, 1.82) is 0 Å². The summed E-state index contributed by atoms with van der Waals surface area (Å²) in [7, 11) is 0. The van der Waals surface area contributed by atoms with Gasteiger partial charge in [0.1, 0.15) is 5.82 Å². The molecule has 20 heavy (non-hydrogen) atoms. The lowest BCUT2D eigenvalue weighted by atomic mass is 10.1. The number of amides is 2. The molecule has 7 heteroatoms. The monoisotopic (exact) mass is 344 g/mol. The zero-order valence-corrected chi connectivity index (χ0v) is 12.4. The summed E-state index contributed by atoms with van der Waals surface area (Å²) >= 11 is 3.22. The first-order chi connectivity index (χ1) is 9.43. The Morgan fingerprint density at radius 1 is 1.60 bits per heavy atom. The third-order valence-corrected chi connectivity index (χ3v) is 3.68. The predicted molar refractivity (Wildman–Crippen MR) is 74.9 cm³/mol. The molecule has 0 aromatic heterocycles. The van der Waals surface area contributed by atoms with E-state index in [2.05, 4.69) is 15.9 Å². The predicted octanol–water partition coefficient (Wildman–Crippen LogP) is 1.83. The summed E-state index contributed by atoms with van der Waals surface area (Å²) in [5.74, 6) is -1.47. The molecule has 108 valence electrons. The lowest BCUT2D eigenvalue weighted by Crippen LogP contribution is -2.28. The minimum atomic E-state index is -0.556. The molecule has 2 amide bonds. The molecule has 1 aliphatic heterocycles. The Hall–Kier alpha value is -1.63. The van der Waals surface area contributed by atoms with E-state index in [1.165, 1.54) is 17.0 Å². The van der Waals surface area contributed by atoms with Gasteiger partial charge in [0.25, 0.3) is 0 Å². The third-order valence-electron chi connectivity index (χ3n) is 3.10. The van der Waals surface area contributed by atoms with Gasteiger partial charge < -0.3 is 15.4 Å². The lowest BCUT2D eigenvalue weighted by molar-refractivity contribution is -0.123. The standard InChI is InChI=1S/C13H14BrFN2O3/c1-2-20-12-9(14)4-8(15)5-10(12)17-6-7(13(16)19)3-11(17)18/h4-5,7H,2-3,6H2,1H3,(H2,16,19). The maximum atomic E-state index is 13.6. The highest BCUT2D eigenvalue weighted by atomic mass is 79.9. The van der Waals surface area contributed by atoms with Gasteiger partial charge in [0.05, 0.1) is 22.7 Å². The van der Waals surface area contributed by atoms with E-state index < -0.39 is 17.6 Å². The smallest absolute Gasteiger partial charge is 0.227 e. The maximum Gasteiger partial charge on any atom is 0.227 e. The molecule has 2 rings (SSSR count). The molecular weight excluding hydrogens is 331 g/mol. The fourth-order valence-corrected chi connectivity index (χ4v) is 2.70. The molecule has 0 bridgehead atoms. The number of halogens is 2. The van der Waals surface area contributed by atoms with Crippen LogP contribution in [0.4, 0.5) is 10.1 Å². The van der Waals surface area contributed by atoms with E-state index in [0.717, 1.165) is 0 Å². The molecule has 0 radical (unpaired) electrons. The largest absolute Gasteiger partial charge is 0.490 e. The fraction of sp³-hybridized carbons (Fsp3) is 0.385. The molecule has 1 aromatic rings. The minimum Gasteiger partial charge on any atom is -0.490 e. The number of anilines is 1. The summed E-state index contributed by atoms with van der Waals surface area (Å²) in [6.07, 6.45) is 0.0367. The number of benzene rings is 1. The second-order valence-corrected chi connectivity index (χ2v) is 5.33. The molecule has 2 N–H and O–H groups in total. The average molecular weight is 345 g/mol. The van der Waals surface area contributed by atoms with E-state index in [1.807, 2.05) is 0 Å². The first-order valence-electron chi connectivity index (χ1n) is 6.15. The zero-order valence-electron chi connectivity index (χ0n) is 10.9. The van der Waals surface area contributed by atoms with Crippen molar-refractivity contribution in [2.45, 2.75) is 13.3 Å². The van der Waals surface area contributed by atoms with E-state index in [9.17, 15) is 14.0 Å². The minimum absolute atomic E-state index is 0.0367. The number of nitrogens with zero attached hydrogens (tertiary/aromatic N) is 1. The quantitative estimate of drug-likeness (QED) is 0.905. The summed E-state index contributed by atoms with van der Waals surface area (Å²) in [6.45, 7) is 2.31. The SMILES string of the molecule is CCOc1c(Br)cc(F)cc1N1CC(C(N)=O)CC1=O. The molecule has 0 aliphatic carbocycles. The molecule has 5 nitrogen and oxygen atoms in total. The van der Waals surface area contributed by atoms with Crippen LogP contribution in [0.25, 0.3) is 0 Å². The number of carbonyl (C=O) groups is 2. The van der Waals surface area contributed by atoms with Crippen LogP contribution in [0.2, 0.25) is 0 Å². The lowest BCUT2D eigenvalue weighted by Gasteiger charge is -2.21. The van der Waals surface area contributed by atoms with E-state index in [0.29, 0.717) is 22.5 Å². The van der Waals surface area contributed by atoms with Gasteiger partial charge in [-0.2, -0.15) is 0 Å². The van der Waals surface area contributed by atoms with Crippen LogP contribution in [0.1, 0.15) is 13.3 Å². The Labute approximate surface area is 124 Å². The number of rotatable bonds is 4. The van der Waals surface area contributed by atoms with Crippen molar-refractivity contribution in [3.8, 4) is 5.75 Å². The van der Waals surface area contributed by atoms with E-state index in [-0.39, 0.29) is 18.9 Å². The van der Waals surface area contributed by atoms with Gasteiger partial charge in [-0.25, -0.2) is 4.39 Å². The van der Waals surface area contributed by atoms with E-state index in [4.69, 9.17) is 10.5 Å². The van der Waals surface area contributed by atoms with E-state index in [1.54, 1.807) is 6.92 Å². The summed E-state index contributed by atoms with van der Waals surface area (Å²) in [4.78, 5) is 24.5. The first-order valence-corrected chi connectivity index (χ1v) is 6.94. The van der Waals surface area contributed by atoms with Gasteiger partial charge >= 0.3 is 0 Å². The van der Waals surface area contributed by atoms with Crippen LogP contribution >= 0.6 is 15.9 Å². The van der Waals surface area contributed by atoms with Gasteiger partial charge in [0, 0.05) is 19.0 Å². The molecule has 1 fully saturated rings. The molecule has 1 atom stereocenters. The van der Waals surface area contributed by atoms with Gasteiger partial charge in [0.2, 0.25) is 11.8 Å². The van der Waals surface area contributed by atoms with Crippen molar-refractivity contribution < 1.29 is 18.7 Å². The molecule has 1 aliphatic rings. The molecule has 1 aromatic carbocycles. The van der Waals surface area contributed by atoms with Crippen molar-refractivity contribution in [3.05, 3.63) is 22.4 Å². The molecule has 1 unspecified atom stereocenters.